The number of nitrogens with one attached hydrogen (secondary N) is 1. The Bertz CT molecular complexity index is 533. The van der Waals surface area contributed by atoms with E-state index in [2.05, 4.69) is 53.3 Å². The number of rotatable bonds is 4. The molecule has 0 aliphatic carbocycles. The molecule has 0 saturated heterocycles. The second kappa shape index (κ2) is 5.72. The van der Waals surface area contributed by atoms with Crippen LogP contribution in [0.2, 0.25) is 0 Å². The van der Waals surface area contributed by atoms with Crippen LogP contribution in [0.1, 0.15) is 35.6 Å². The molecule has 2 aromatic rings. The largest absolute Gasteiger partial charge is 0.464 e. The normalized spacial score (nSPS) is 12.7. The van der Waals surface area contributed by atoms with Crippen LogP contribution in [0.4, 0.5) is 0 Å². The maximum Gasteiger partial charge on any atom is 0.125 e. The second-order valence-corrected chi connectivity index (χ2v) is 5.30. The Hall–Kier alpha value is -1.06. The summed E-state index contributed by atoms with van der Waals surface area (Å²) < 4.78 is 6.88. The molecule has 1 heterocycles. The van der Waals surface area contributed by atoms with Gasteiger partial charge >= 0.3 is 0 Å². The summed E-state index contributed by atoms with van der Waals surface area (Å²) in [5.74, 6) is 1.91. The molecule has 2 nitrogen and oxygen atoms in total. The maximum atomic E-state index is 5.74. The van der Waals surface area contributed by atoms with Crippen molar-refractivity contribution in [2.75, 3.05) is 6.54 Å². The molecule has 0 spiro atoms. The molecule has 0 bridgehead atoms. The molecule has 18 heavy (non-hydrogen) atoms. The van der Waals surface area contributed by atoms with Gasteiger partial charge in [-0.3, -0.25) is 0 Å². The number of furan rings is 1. The van der Waals surface area contributed by atoms with Crippen molar-refractivity contribution in [1.82, 2.24) is 5.32 Å². The van der Waals surface area contributed by atoms with Crippen LogP contribution in [0.25, 0.3) is 0 Å². The van der Waals surface area contributed by atoms with Crippen LogP contribution in [0, 0.1) is 13.8 Å². The second-order valence-electron chi connectivity index (χ2n) is 4.45. The molecular weight excluding hydrogens is 290 g/mol. The monoisotopic (exact) mass is 307 g/mol. The van der Waals surface area contributed by atoms with Crippen molar-refractivity contribution in [3.63, 3.8) is 0 Å². The topological polar surface area (TPSA) is 25.2 Å². The molecule has 96 valence electrons. The summed E-state index contributed by atoms with van der Waals surface area (Å²) in [6, 6.07) is 10.6. The molecule has 0 radical (unpaired) electrons. The Morgan fingerprint density at radius 3 is 2.56 bits per heavy atom. The van der Waals surface area contributed by atoms with Crippen molar-refractivity contribution >= 4 is 15.9 Å². The highest BCUT2D eigenvalue weighted by atomic mass is 79.9. The molecule has 0 aliphatic heterocycles. The van der Waals surface area contributed by atoms with E-state index in [9.17, 15) is 0 Å². The molecule has 1 N–H and O–H groups in total. The van der Waals surface area contributed by atoms with Crippen LogP contribution in [0.3, 0.4) is 0 Å². The summed E-state index contributed by atoms with van der Waals surface area (Å²) in [7, 11) is 0. The Balaban J connectivity index is 2.37. The van der Waals surface area contributed by atoms with Gasteiger partial charge in [-0.15, -0.1) is 0 Å². The average Bonchev–Trinajstić information content (AvgIpc) is 2.76. The molecular formula is C15H18BrNO. The Kier molecular flexibility index (Phi) is 4.25. The van der Waals surface area contributed by atoms with Crippen LogP contribution in [-0.4, -0.2) is 6.54 Å². The van der Waals surface area contributed by atoms with Crippen LogP contribution >= 0.6 is 15.9 Å². The van der Waals surface area contributed by atoms with Gasteiger partial charge in [0.05, 0.1) is 6.04 Å². The summed E-state index contributed by atoms with van der Waals surface area (Å²) >= 11 is 3.58. The molecule has 1 aromatic carbocycles. The van der Waals surface area contributed by atoms with Crippen molar-refractivity contribution < 1.29 is 4.42 Å². The number of hydrogen-bond donors (Lipinski definition) is 1. The van der Waals surface area contributed by atoms with Gasteiger partial charge in [-0.2, -0.15) is 0 Å². The summed E-state index contributed by atoms with van der Waals surface area (Å²) in [6.45, 7) is 7.06. The third-order valence-electron chi connectivity index (χ3n) is 2.98. The van der Waals surface area contributed by atoms with E-state index in [-0.39, 0.29) is 6.04 Å². The van der Waals surface area contributed by atoms with Crippen LogP contribution in [0.5, 0.6) is 0 Å². The van der Waals surface area contributed by atoms with Gasteiger partial charge in [-0.1, -0.05) is 35.0 Å². The zero-order chi connectivity index (χ0) is 13.1. The first-order chi connectivity index (χ1) is 8.61. The van der Waals surface area contributed by atoms with E-state index >= 15 is 0 Å². The highest BCUT2D eigenvalue weighted by Crippen LogP contribution is 2.27. The predicted molar refractivity (Wildman–Crippen MR) is 77.8 cm³/mol. The average molecular weight is 308 g/mol. The first-order valence-electron chi connectivity index (χ1n) is 6.17. The lowest BCUT2D eigenvalue weighted by Crippen LogP contribution is -2.21. The molecule has 1 atom stereocenters. The van der Waals surface area contributed by atoms with E-state index in [1.54, 1.807) is 0 Å². The van der Waals surface area contributed by atoms with Crippen molar-refractivity contribution in [1.29, 1.82) is 0 Å². The Morgan fingerprint density at radius 2 is 2.00 bits per heavy atom. The lowest BCUT2D eigenvalue weighted by atomic mass is 10.0. The molecule has 1 aromatic heterocycles. The number of hydrogen-bond acceptors (Lipinski definition) is 2. The van der Waals surface area contributed by atoms with E-state index in [1.165, 1.54) is 11.1 Å². The van der Waals surface area contributed by atoms with Crippen molar-refractivity contribution in [3.05, 3.63) is 57.5 Å². The summed E-state index contributed by atoms with van der Waals surface area (Å²) in [6.07, 6.45) is 0. The van der Waals surface area contributed by atoms with Crippen LogP contribution in [0.15, 0.2) is 39.2 Å². The highest BCUT2D eigenvalue weighted by molar-refractivity contribution is 9.10. The number of aryl methyl sites for hydroxylation is 2. The quantitative estimate of drug-likeness (QED) is 0.908. The molecule has 0 saturated carbocycles. The van der Waals surface area contributed by atoms with Crippen LogP contribution < -0.4 is 5.32 Å². The highest BCUT2D eigenvalue weighted by Gasteiger charge is 2.16. The maximum absolute atomic E-state index is 5.74. The molecule has 1 unspecified atom stereocenters. The minimum Gasteiger partial charge on any atom is -0.464 e. The fourth-order valence-corrected chi connectivity index (χ4v) is 2.38. The fraction of sp³-hybridized carbons (Fsp3) is 0.333. The molecule has 0 amide bonds. The lowest BCUT2D eigenvalue weighted by Gasteiger charge is -2.17. The van der Waals surface area contributed by atoms with Gasteiger partial charge in [0.15, 0.2) is 0 Å². The summed E-state index contributed by atoms with van der Waals surface area (Å²) in [5, 5.41) is 3.46. The van der Waals surface area contributed by atoms with E-state index in [0.29, 0.717) is 0 Å². The SMILES string of the molecule is CCNC(c1ccc(C)c(Br)c1)c1ccc(C)o1. The van der Waals surface area contributed by atoms with Crippen LogP contribution in [-0.2, 0) is 0 Å². The minimum absolute atomic E-state index is 0.112. The van der Waals surface area contributed by atoms with E-state index in [1.807, 2.05) is 19.1 Å². The van der Waals surface area contributed by atoms with Crippen molar-refractivity contribution in [2.24, 2.45) is 0 Å². The van der Waals surface area contributed by atoms with Crippen molar-refractivity contribution in [3.8, 4) is 0 Å². The zero-order valence-electron chi connectivity index (χ0n) is 11.0. The third-order valence-corrected chi connectivity index (χ3v) is 3.84. The van der Waals surface area contributed by atoms with Gasteiger partial charge in [0.25, 0.3) is 0 Å². The zero-order valence-corrected chi connectivity index (χ0v) is 12.5. The molecule has 0 fully saturated rings. The Morgan fingerprint density at radius 1 is 1.22 bits per heavy atom. The van der Waals surface area contributed by atoms with Crippen molar-refractivity contribution in [2.45, 2.75) is 26.8 Å². The molecule has 0 aliphatic rings. The third kappa shape index (κ3) is 2.85. The summed E-state index contributed by atoms with van der Waals surface area (Å²) in [5.41, 5.74) is 2.45. The summed E-state index contributed by atoms with van der Waals surface area (Å²) in [4.78, 5) is 0. The van der Waals surface area contributed by atoms with Gasteiger partial charge in [0, 0.05) is 4.47 Å². The van der Waals surface area contributed by atoms with Gasteiger partial charge in [-0.05, 0) is 49.7 Å². The standard InChI is InChI=1S/C15H18BrNO/c1-4-17-15(14-8-6-11(3)18-14)12-7-5-10(2)13(16)9-12/h5-9,15,17H,4H2,1-3H3. The minimum atomic E-state index is 0.112. The molecule has 2 rings (SSSR count). The van der Waals surface area contributed by atoms with Gasteiger partial charge in [0.2, 0.25) is 0 Å². The lowest BCUT2D eigenvalue weighted by molar-refractivity contribution is 0.435. The van der Waals surface area contributed by atoms with Gasteiger partial charge < -0.3 is 9.73 Å². The smallest absolute Gasteiger partial charge is 0.125 e. The van der Waals surface area contributed by atoms with E-state index in [0.717, 1.165) is 22.5 Å². The first kappa shape index (κ1) is 13.4. The van der Waals surface area contributed by atoms with E-state index < -0.39 is 0 Å². The number of halogens is 1. The Labute approximate surface area is 117 Å². The first-order valence-corrected chi connectivity index (χ1v) is 6.97. The molecule has 3 heteroatoms. The fourth-order valence-electron chi connectivity index (χ4n) is 1.98. The van der Waals surface area contributed by atoms with Gasteiger partial charge in [0.1, 0.15) is 11.5 Å². The number of benzene rings is 1. The predicted octanol–water partition coefficient (Wildman–Crippen LogP) is 4.36. The van der Waals surface area contributed by atoms with Gasteiger partial charge in [-0.25, -0.2) is 0 Å². The van der Waals surface area contributed by atoms with E-state index in [4.69, 9.17) is 4.42 Å².